The van der Waals surface area contributed by atoms with Gasteiger partial charge in [-0.25, -0.2) is 13.1 Å². The van der Waals surface area contributed by atoms with Gasteiger partial charge < -0.3 is 15.4 Å². The third-order valence-electron chi connectivity index (χ3n) is 5.81. The molecule has 0 spiro atoms. The maximum atomic E-state index is 12.2. The molecule has 3 N–H and O–H groups in total. The van der Waals surface area contributed by atoms with Crippen molar-refractivity contribution >= 4 is 16.0 Å². The summed E-state index contributed by atoms with van der Waals surface area (Å²) in [4.78, 5) is 4.57. The Morgan fingerprint density at radius 3 is 2.35 bits per heavy atom. The average molecular weight is 445 g/mol. The molecule has 168 valence electrons. The zero-order valence-electron chi connectivity index (χ0n) is 18.2. The molecule has 1 fully saturated rings. The van der Waals surface area contributed by atoms with Crippen LogP contribution in [0.4, 0.5) is 0 Å². The van der Waals surface area contributed by atoms with Crippen molar-refractivity contribution in [2.45, 2.75) is 36.1 Å². The smallest absolute Gasteiger partial charge is 0.240 e. The number of hydrogen-bond donors (Lipinski definition) is 3. The van der Waals surface area contributed by atoms with Crippen LogP contribution in [-0.2, 0) is 26.7 Å². The van der Waals surface area contributed by atoms with E-state index in [2.05, 4.69) is 50.7 Å². The molecule has 7 nitrogen and oxygen atoms in total. The summed E-state index contributed by atoms with van der Waals surface area (Å²) >= 11 is 0. The Labute approximate surface area is 185 Å². The Morgan fingerprint density at radius 2 is 1.77 bits per heavy atom. The molecular formula is C23H32N4O3S. The van der Waals surface area contributed by atoms with E-state index in [1.165, 1.54) is 31.9 Å². The van der Waals surface area contributed by atoms with Gasteiger partial charge in [-0.3, -0.25) is 4.99 Å². The molecule has 0 amide bonds. The second-order valence-electron chi connectivity index (χ2n) is 7.81. The molecule has 2 aromatic carbocycles. The molecule has 2 aromatic rings. The Kier molecular flexibility index (Phi) is 8.06. The van der Waals surface area contributed by atoms with Gasteiger partial charge in [-0.2, -0.15) is 0 Å². The van der Waals surface area contributed by atoms with Crippen LogP contribution in [-0.4, -0.2) is 48.2 Å². The molecule has 0 saturated heterocycles. The lowest BCUT2D eigenvalue weighted by Crippen LogP contribution is -2.48. The number of ether oxygens (including phenoxy) is 1. The van der Waals surface area contributed by atoms with Crippen molar-refractivity contribution < 1.29 is 13.2 Å². The molecule has 1 saturated carbocycles. The van der Waals surface area contributed by atoms with Crippen molar-refractivity contribution in [3.8, 4) is 0 Å². The van der Waals surface area contributed by atoms with Crippen molar-refractivity contribution in [2.75, 3.05) is 33.9 Å². The fourth-order valence-corrected chi connectivity index (χ4v) is 4.78. The first kappa shape index (κ1) is 23.2. The quantitative estimate of drug-likeness (QED) is 0.297. The first-order chi connectivity index (χ1) is 15.0. The van der Waals surface area contributed by atoms with Crippen LogP contribution >= 0.6 is 0 Å². The summed E-state index contributed by atoms with van der Waals surface area (Å²) in [7, 11) is -0.229. The number of rotatable bonds is 10. The highest BCUT2D eigenvalue weighted by Crippen LogP contribution is 2.43. The standard InChI is InChI=1S/C23H32N4O3S/c1-24-22(26-18-23(13-6-14-23)20-7-4-3-5-8-20)25-17-19-9-11-21(12-10-19)31(28,29)27-15-16-30-2/h3-5,7-12,27H,6,13-18H2,1-2H3,(H2,24,25,26). The van der Waals surface area contributed by atoms with Gasteiger partial charge in [0.1, 0.15) is 0 Å². The van der Waals surface area contributed by atoms with Gasteiger partial charge in [0, 0.05) is 39.2 Å². The number of nitrogens with one attached hydrogen (secondary N) is 3. The minimum absolute atomic E-state index is 0.171. The van der Waals surface area contributed by atoms with E-state index in [4.69, 9.17) is 4.74 Å². The van der Waals surface area contributed by atoms with Crippen LogP contribution < -0.4 is 15.4 Å². The van der Waals surface area contributed by atoms with Crippen LogP contribution in [0, 0.1) is 0 Å². The monoisotopic (exact) mass is 444 g/mol. The molecule has 0 heterocycles. The van der Waals surface area contributed by atoms with Crippen LogP contribution in [0.1, 0.15) is 30.4 Å². The van der Waals surface area contributed by atoms with Crippen molar-refractivity contribution in [2.24, 2.45) is 4.99 Å². The molecule has 0 aromatic heterocycles. The summed E-state index contributed by atoms with van der Waals surface area (Å²) in [6.45, 7) is 1.96. The number of benzene rings is 2. The number of aliphatic imine (C=N–C) groups is 1. The third kappa shape index (κ3) is 6.06. The third-order valence-corrected chi connectivity index (χ3v) is 7.28. The zero-order valence-corrected chi connectivity index (χ0v) is 19.0. The highest BCUT2D eigenvalue weighted by atomic mass is 32.2. The molecule has 3 rings (SSSR count). The van der Waals surface area contributed by atoms with Gasteiger partial charge in [0.15, 0.2) is 5.96 Å². The van der Waals surface area contributed by atoms with Crippen molar-refractivity contribution in [3.63, 3.8) is 0 Å². The lowest BCUT2D eigenvalue weighted by atomic mass is 9.64. The van der Waals surface area contributed by atoms with E-state index in [1.54, 1.807) is 19.2 Å². The summed E-state index contributed by atoms with van der Waals surface area (Å²) < 4.78 is 31.9. The molecule has 0 aliphatic heterocycles. The predicted molar refractivity (Wildman–Crippen MR) is 124 cm³/mol. The second kappa shape index (κ2) is 10.7. The van der Waals surface area contributed by atoms with Crippen molar-refractivity contribution in [1.82, 2.24) is 15.4 Å². The average Bonchev–Trinajstić information content (AvgIpc) is 2.76. The molecule has 1 aliphatic carbocycles. The molecule has 0 bridgehead atoms. The molecule has 8 heteroatoms. The molecule has 0 unspecified atom stereocenters. The van der Waals surface area contributed by atoms with Gasteiger partial charge in [-0.15, -0.1) is 0 Å². The number of methoxy groups -OCH3 is 1. The zero-order chi connectivity index (χ0) is 22.2. The molecular weight excluding hydrogens is 412 g/mol. The number of sulfonamides is 1. The van der Waals surface area contributed by atoms with Crippen LogP contribution in [0.5, 0.6) is 0 Å². The molecule has 1 aliphatic rings. The fourth-order valence-electron chi connectivity index (χ4n) is 3.77. The van der Waals surface area contributed by atoms with Gasteiger partial charge in [0.05, 0.1) is 11.5 Å². The largest absolute Gasteiger partial charge is 0.383 e. The van der Waals surface area contributed by atoms with Gasteiger partial charge in [-0.1, -0.05) is 48.9 Å². The molecule has 0 radical (unpaired) electrons. The predicted octanol–water partition coefficient (Wildman–Crippen LogP) is 2.40. The maximum Gasteiger partial charge on any atom is 0.240 e. The number of guanidine groups is 1. The van der Waals surface area contributed by atoms with E-state index >= 15 is 0 Å². The first-order valence-electron chi connectivity index (χ1n) is 10.6. The summed E-state index contributed by atoms with van der Waals surface area (Å²) in [6, 6.07) is 17.5. The Bertz CT molecular complexity index is 956. The fraction of sp³-hybridized carbons (Fsp3) is 0.435. The van der Waals surface area contributed by atoms with Crippen molar-refractivity contribution in [3.05, 3.63) is 65.7 Å². The Hall–Kier alpha value is -2.42. The first-order valence-corrected chi connectivity index (χ1v) is 12.0. The van der Waals surface area contributed by atoms with Crippen LogP contribution in [0.15, 0.2) is 64.5 Å². The van der Waals surface area contributed by atoms with Gasteiger partial charge in [-0.05, 0) is 36.1 Å². The Balaban J connectivity index is 1.53. The van der Waals surface area contributed by atoms with Gasteiger partial charge in [0.2, 0.25) is 10.0 Å². The van der Waals surface area contributed by atoms with E-state index in [0.717, 1.165) is 18.1 Å². The minimum Gasteiger partial charge on any atom is -0.383 e. The van der Waals surface area contributed by atoms with E-state index in [9.17, 15) is 8.42 Å². The number of nitrogens with zero attached hydrogens (tertiary/aromatic N) is 1. The minimum atomic E-state index is -3.52. The van der Waals surface area contributed by atoms with Gasteiger partial charge in [0.25, 0.3) is 0 Å². The summed E-state index contributed by atoms with van der Waals surface area (Å²) in [5, 5.41) is 6.78. The van der Waals surface area contributed by atoms with Crippen LogP contribution in [0.25, 0.3) is 0 Å². The summed E-state index contributed by atoms with van der Waals surface area (Å²) in [5.74, 6) is 0.736. The highest BCUT2D eigenvalue weighted by molar-refractivity contribution is 7.89. The Morgan fingerprint density at radius 1 is 1.06 bits per heavy atom. The topological polar surface area (TPSA) is 91.8 Å². The summed E-state index contributed by atoms with van der Waals surface area (Å²) in [5.41, 5.74) is 2.52. The van der Waals surface area contributed by atoms with E-state index in [-0.39, 0.29) is 16.9 Å². The lowest BCUT2D eigenvalue weighted by molar-refractivity contribution is 0.204. The van der Waals surface area contributed by atoms with E-state index in [1.807, 2.05) is 12.1 Å². The normalized spacial score (nSPS) is 15.9. The van der Waals surface area contributed by atoms with E-state index in [0.29, 0.717) is 13.2 Å². The SMILES string of the molecule is CN=C(NCc1ccc(S(=O)(=O)NCCOC)cc1)NCC1(c2ccccc2)CCC1. The number of hydrogen-bond acceptors (Lipinski definition) is 4. The molecule has 31 heavy (non-hydrogen) atoms. The van der Waals surface area contributed by atoms with Gasteiger partial charge >= 0.3 is 0 Å². The van der Waals surface area contributed by atoms with E-state index < -0.39 is 10.0 Å². The summed E-state index contributed by atoms with van der Waals surface area (Å²) in [6.07, 6.45) is 3.60. The molecule has 0 atom stereocenters. The van der Waals surface area contributed by atoms with Crippen LogP contribution in [0.3, 0.4) is 0 Å². The van der Waals surface area contributed by atoms with Crippen molar-refractivity contribution in [1.29, 1.82) is 0 Å². The maximum absolute atomic E-state index is 12.2. The second-order valence-corrected chi connectivity index (χ2v) is 9.58. The highest BCUT2D eigenvalue weighted by Gasteiger charge is 2.38. The lowest BCUT2D eigenvalue weighted by Gasteiger charge is -2.43. The van der Waals surface area contributed by atoms with Crippen LogP contribution in [0.2, 0.25) is 0 Å².